The Morgan fingerprint density at radius 3 is 2.33 bits per heavy atom. The van der Waals surface area contributed by atoms with E-state index in [1.165, 1.54) is 21.3 Å². The van der Waals surface area contributed by atoms with Gasteiger partial charge in [0.2, 0.25) is 15.7 Å². The van der Waals surface area contributed by atoms with E-state index in [0.29, 0.717) is 37.3 Å². The fraction of sp³-hybridized carbons (Fsp3) is 0.476. The van der Waals surface area contributed by atoms with Crippen LogP contribution in [0.5, 0.6) is 0 Å². The maximum absolute atomic E-state index is 13.7. The van der Waals surface area contributed by atoms with Crippen molar-refractivity contribution in [3.05, 3.63) is 102 Å². The second-order valence-corrected chi connectivity index (χ2v) is 19.7. The summed E-state index contributed by atoms with van der Waals surface area (Å²) in [4.78, 5) is 14.8. The minimum absolute atomic E-state index is 0.105. The molecule has 12 nitrogen and oxygen atoms in total. The number of sulfonamides is 1. The normalized spacial score (nSPS) is 17.3. The van der Waals surface area contributed by atoms with Crippen LogP contribution in [-0.2, 0) is 44.4 Å². The van der Waals surface area contributed by atoms with E-state index in [1.807, 2.05) is 57.2 Å². The van der Waals surface area contributed by atoms with E-state index in [1.54, 1.807) is 19.2 Å². The number of hydrogen-bond acceptors (Lipinski definition) is 12. The van der Waals surface area contributed by atoms with Crippen molar-refractivity contribution in [2.75, 3.05) is 43.1 Å². The van der Waals surface area contributed by atoms with Crippen molar-refractivity contribution in [2.24, 2.45) is 5.41 Å². The van der Waals surface area contributed by atoms with E-state index in [-0.39, 0.29) is 22.6 Å². The van der Waals surface area contributed by atoms with E-state index in [4.69, 9.17) is 5.26 Å². The summed E-state index contributed by atoms with van der Waals surface area (Å²) in [5, 5.41) is 26.0. The molecule has 4 rings (SSSR count). The average molecular weight is 844 g/mol. The molecule has 2 aliphatic rings. The number of para-hydroxylation sites is 1. The highest BCUT2D eigenvalue weighted by Gasteiger charge is 2.44. The van der Waals surface area contributed by atoms with Crippen LogP contribution >= 0.6 is 24.1 Å². The molecule has 2 aliphatic heterocycles. The van der Waals surface area contributed by atoms with Crippen molar-refractivity contribution in [3.8, 4) is 0 Å². The first-order valence-corrected chi connectivity index (χ1v) is 22.3. The third-order valence-electron chi connectivity index (χ3n) is 10.4. The van der Waals surface area contributed by atoms with Crippen LogP contribution < -0.4 is 10.2 Å². The molecule has 0 radical (unpaired) electrons. The number of benzene rings is 2. The number of Topliss-reactive ketones (excluding diaryl/α,β-unsaturated/α-hetero) is 1. The molecule has 2 heterocycles. The van der Waals surface area contributed by atoms with Gasteiger partial charge in [-0.25, -0.2) is 18.0 Å². The molecule has 0 unspecified atom stereocenters. The monoisotopic (exact) mass is 843 g/mol. The van der Waals surface area contributed by atoms with Gasteiger partial charge in [-0.05, 0) is 56.5 Å². The van der Waals surface area contributed by atoms with Gasteiger partial charge in [0.05, 0.1) is 10.3 Å². The molecule has 0 amide bonds. The van der Waals surface area contributed by atoms with Crippen LogP contribution in [0, 0.1) is 5.41 Å². The molecular weight excluding hydrogens is 787 g/mol. The number of allylic oxidation sites excluding steroid dienone is 8. The van der Waals surface area contributed by atoms with E-state index in [2.05, 4.69) is 92.3 Å². The third kappa shape index (κ3) is 11.6. The molecule has 0 aromatic heterocycles. The number of hydrogen-bond donors (Lipinski definition) is 1. The Morgan fingerprint density at radius 2 is 1.61 bits per heavy atom. The zero-order chi connectivity index (χ0) is 41.9. The summed E-state index contributed by atoms with van der Waals surface area (Å²) >= 11 is 2.00. The highest BCUT2D eigenvalue weighted by molar-refractivity contribution is 7.94. The fourth-order valence-electron chi connectivity index (χ4n) is 7.23. The van der Waals surface area contributed by atoms with Gasteiger partial charge in [-0.3, -0.25) is 9.83 Å². The second-order valence-electron chi connectivity index (χ2n) is 16.0. The van der Waals surface area contributed by atoms with Crippen LogP contribution in [-0.4, -0.2) is 72.2 Å². The van der Waals surface area contributed by atoms with Crippen molar-refractivity contribution in [2.45, 2.75) is 89.9 Å². The standard InChI is InChI=1S/C42H57N3O9S3/c1-40(2,3)39(46)23-16-26-43(8)57(49,50)32-24-25-36-34(31-32)42(6,7)38(45(36)28-18-30-56-54-52-48)22-13-11-9-10-12-21-37-41(4,5)33-19-14-15-20-35(33)44(37)27-17-29-55-53-51-47/h9-15,19-22,24-25,31H,16-18,23,26-30H2,1-8H3,(H-,47,48). The topological polar surface area (TPSA) is 141 Å². The lowest BCUT2D eigenvalue weighted by Gasteiger charge is -2.27. The first-order chi connectivity index (χ1) is 27.0. The first kappa shape index (κ1) is 46.6. The summed E-state index contributed by atoms with van der Waals surface area (Å²) < 4.78 is 40.2. The number of ketones is 1. The lowest BCUT2D eigenvalue weighted by atomic mass is 9.81. The second kappa shape index (κ2) is 20.7. The van der Waals surface area contributed by atoms with Gasteiger partial charge in [-0.2, -0.15) is 8.91 Å². The molecule has 0 saturated heterocycles. The molecule has 0 atom stereocenters. The molecule has 0 saturated carbocycles. The number of nitrogens with zero attached hydrogens (tertiary/aromatic N) is 3. The number of anilines is 1. The summed E-state index contributed by atoms with van der Waals surface area (Å²) in [5.41, 5.74) is 5.23. The Kier molecular flexibility index (Phi) is 17.0. The molecule has 0 aliphatic carbocycles. The Hall–Kier alpha value is -3.09. The summed E-state index contributed by atoms with van der Waals surface area (Å²) in [6.07, 6.45) is 16.4. The predicted octanol–water partition coefficient (Wildman–Crippen LogP) is 8.15. The molecule has 0 fully saturated rings. The Labute approximate surface area is 347 Å². The van der Waals surface area contributed by atoms with Crippen molar-refractivity contribution < 1.29 is 47.0 Å². The SMILES string of the molecule is CN(CCCC(=O)C(C)(C)C)S(=O)(=O)c1ccc2c(c1)C(C)(C)\C(=C/C=C/C=C/C=C/C1=[N+](CCCSOOO)c3ccccc3C1(C)C)N2CCCSOO[O-]. The number of rotatable bonds is 22. The smallest absolute Gasteiger partial charge is 0.242 e. The van der Waals surface area contributed by atoms with Crippen LogP contribution in [0.1, 0.15) is 85.3 Å². The third-order valence-corrected chi connectivity index (χ3v) is 13.5. The first-order valence-electron chi connectivity index (χ1n) is 19.1. The lowest BCUT2D eigenvalue weighted by molar-refractivity contribution is -0.777. The minimum Gasteiger partial charge on any atom is -0.691 e. The summed E-state index contributed by atoms with van der Waals surface area (Å²) in [7, 11) is -2.25. The number of carbonyl (C=O) groups excluding carboxylic acids is 1. The van der Waals surface area contributed by atoms with Crippen LogP contribution in [0.15, 0.2) is 95.6 Å². The van der Waals surface area contributed by atoms with Gasteiger partial charge in [0, 0.05) is 108 Å². The van der Waals surface area contributed by atoms with Crippen LogP contribution in [0.3, 0.4) is 0 Å². The Bertz CT molecular complexity index is 1970. The summed E-state index contributed by atoms with van der Waals surface area (Å²) in [5.74, 6) is 1.28. The maximum Gasteiger partial charge on any atom is 0.242 e. The zero-order valence-electron chi connectivity index (χ0n) is 34.2. The fourth-order valence-corrected chi connectivity index (χ4v) is 9.18. The van der Waals surface area contributed by atoms with Gasteiger partial charge in [0.15, 0.2) is 5.71 Å². The van der Waals surface area contributed by atoms with Crippen molar-refractivity contribution in [1.29, 1.82) is 0 Å². The average Bonchev–Trinajstić information content (AvgIpc) is 3.51. The highest BCUT2D eigenvalue weighted by Crippen LogP contribution is 2.49. The van der Waals surface area contributed by atoms with E-state index in [9.17, 15) is 18.5 Å². The van der Waals surface area contributed by atoms with Gasteiger partial charge >= 0.3 is 0 Å². The van der Waals surface area contributed by atoms with Gasteiger partial charge in [0.1, 0.15) is 12.3 Å². The van der Waals surface area contributed by atoms with Crippen LogP contribution in [0.2, 0.25) is 0 Å². The minimum atomic E-state index is -3.81. The number of carbonyl (C=O) groups is 1. The van der Waals surface area contributed by atoms with Crippen molar-refractivity contribution in [1.82, 2.24) is 4.31 Å². The molecule has 2 aromatic rings. The quantitative estimate of drug-likeness (QED) is 0.0306. The molecule has 1 N–H and O–H groups in total. The molecular formula is C42H57N3O9S3. The molecule has 312 valence electrons. The summed E-state index contributed by atoms with van der Waals surface area (Å²) in [6.45, 7) is 15.9. The van der Waals surface area contributed by atoms with Crippen LogP contribution in [0.4, 0.5) is 11.4 Å². The van der Waals surface area contributed by atoms with Gasteiger partial charge in [-0.15, -0.1) is 4.33 Å². The van der Waals surface area contributed by atoms with Crippen molar-refractivity contribution in [3.63, 3.8) is 0 Å². The molecule has 15 heteroatoms. The van der Waals surface area contributed by atoms with E-state index in [0.717, 1.165) is 54.0 Å². The van der Waals surface area contributed by atoms with Gasteiger partial charge in [-0.1, -0.05) is 88.2 Å². The van der Waals surface area contributed by atoms with Crippen molar-refractivity contribution >= 4 is 57.0 Å². The molecule has 2 aromatic carbocycles. The number of fused-ring (bicyclic) bond motifs is 2. The predicted molar refractivity (Wildman–Crippen MR) is 226 cm³/mol. The molecule has 57 heavy (non-hydrogen) atoms. The lowest BCUT2D eigenvalue weighted by Crippen LogP contribution is -2.29. The molecule has 0 bridgehead atoms. The Morgan fingerprint density at radius 1 is 0.930 bits per heavy atom. The summed E-state index contributed by atoms with van der Waals surface area (Å²) in [6, 6.07) is 13.7. The van der Waals surface area contributed by atoms with E-state index < -0.39 is 20.9 Å². The largest absolute Gasteiger partial charge is 0.691 e. The zero-order valence-corrected chi connectivity index (χ0v) is 36.7. The molecule has 0 spiro atoms. The Balaban J connectivity index is 1.54. The highest BCUT2D eigenvalue weighted by atomic mass is 32.2. The maximum atomic E-state index is 13.7. The van der Waals surface area contributed by atoms with Gasteiger partial charge < -0.3 is 10.2 Å². The van der Waals surface area contributed by atoms with Gasteiger partial charge in [0.25, 0.3) is 0 Å². The van der Waals surface area contributed by atoms with Crippen LogP contribution in [0.25, 0.3) is 0 Å². The van der Waals surface area contributed by atoms with E-state index >= 15 is 0 Å².